The number of nitrogens with two attached hydrogens (primary N) is 1. The minimum Gasteiger partial charge on any atom is -0.497 e. The minimum atomic E-state index is 0.0405. The van der Waals surface area contributed by atoms with Crippen LogP contribution >= 0.6 is 0 Å². The first kappa shape index (κ1) is 16.0. The monoisotopic (exact) mass is 266 g/mol. The number of likely N-dealkylation sites (N-methyl/N-ethyl adjacent to an activating group) is 1. The summed E-state index contributed by atoms with van der Waals surface area (Å²) in [6.45, 7) is 6.36. The van der Waals surface area contributed by atoms with Gasteiger partial charge in [-0.15, -0.1) is 0 Å². The standard InChI is InChI=1S/C15H26N2O2/c1-5-19-10-9-17(3)15(12(2)16)13-7-6-8-14(11-13)18-4/h6-8,11-12,15H,5,9-10,16H2,1-4H3. The Morgan fingerprint density at radius 2 is 2.11 bits per heavy atom. The van der Waals surface area contributed by atoms with Crippen molar-refractivity contribution >= 4 is 0 Å². The molecule has 0 aliphatic heterocycles. The Kier molecular flexibility index (Phi) is 6.84. The van der Waals surface area contributed by atoms with E-state index in [2.05, 4.69) is 18.0 Å². The molecule has 0 heterocycles. The fraction of sp³-hybridized carbons (Fsp3) is 0.600. The smallest absolute Gasteiger partial charge is 0.119 e. The molecule has 0 aromatic heterocycles. The predicted octanol–water partition coefficient (Wildman–Crippen LogP) is 2.05. The van der Waals surface area contributed by atoms with Crippen molar-refractivity contribution in [1.29, 1.82) is 0 Å². The zero-order valence-electron chi connectivity index (χ0n) is 12.4. The third-order valence-electron chi connectivity index (χ3n) is 3.20. The van der Waals surface area contributed by atoms with E-state index < -0.39 is 0 Å². The zero-order valence-corrected chi connectivity index (χ0v) is 12.4. The predicted molar refractivity (Wildman–Crippen MR) is 78.5 cm³/mol. The first-order chi connectivity index (χ1) is 9.10. The van der Waals surface area contributed by atoms with Gasteiger partial charge in [-0.25, -0.2) is 0 Å². The SMILES string of the molecule is CCOCCN(C)C(c1cccc(OC)c1)C(C)N. The van der Waals surface area contributed by atoms with Gasteiger partial charge in [0.25, 0.3) is 0 Å². The summed E-state index contributed by atoms with van der Waals surface area (Å²) in [7, 11) is 3.76. The van der Waals surface area contributed by atoms with Crippen molar-refractivity contribution in [2.45, 2.75) is 25.9 Å². The molecular formula is C15H26N2O2. The molecule has 0 spiro atoms. The highest BCUT2D eigenvalue weighted by atomic mass is 16.5. The number of hydrogen-bond acceptors (Lipinski definition) is 4. The summed E-state index contributed by atoms with van der Waals surface area (Å²) in [5.74, 6) is 0.862. The molecule has 4 heteroatoms. The fourth-order valence-electron chi connectivity index (χ4n) is 2.28. The normalized spacial score (nSPS) is 14.4. The average molecular weight is 266 g/mol. The van der Waals surface area contributed by atoms with Crippen LogP contribution in [0.15, 0.2) is 24.3 Å². The Hall–Kier alpha value is -1.10. The molecule has 1 aromatic rings. The summed E-state index contributed by atoms with van der Waals surface area (Å²) in [4.78, 5) is 2.23. The molecule has 0 saturated carbocycles. The van der Waals surface area contributed by atoms with Gasteiger partial charge in [-0.3, -0.25) is 4.90 Å². The van der Waals surface area contributed by atoms with Gasteiger partial charge in [0, 0.05) is 25.2 Å². The van der Waals surface area contributed by atoms with Crippen LogP contribution in [-0.2, 0) is 4.74 Å². The van der Waals surface area contributed by atoms with Gasteiger partial charge < -0.3 is 15.2 Å². The number of benzene rings is 1. The molecule has 1 rings (SSSR count). The van der Waals surface area contributed by atoms with Gasteiger partial charge in [-0.1, -0.05) is 12.1 Å². The van der Waals surface area contributed by atoms with E-state index in [-0.39, 0.29) is 12.1 Å². The molecular weight excluding hydrogens is 240 g/mol. The summed E-state index contributed by atoms with van der Waals surface area (Å²) in [6, 6.07) is 8.29. The highest BCUT2D eigenvalue weighted by Crippen LogP contribution is 2.25. The number of nitrogens with zero attached hydrogens (tertiary/aromatic N) is 1. The second-order valence-electron chi connectivity index (χ2n) is 4.76. The van der Waals surface area contributed by atoms with E-state index >= 15 is 0 Å². The van der Waals surface area contributed by atoms with Crippen LogP contribution < -0.4 is 10.5 Å². The van der Waals surface area contributed by atoms with Crippen LogP contribution in [0.5, 0.6) is 5.75 Å². The van der Waals surface area contributed by atoms with Crippen LogP contribution in [0, 0.1) is 0 Å². The van der Waals surface area contributed by atoms with E-state index in [0.717, 1.165) is 25.5 Å². The molecule has 0 radical (unpaired) electrons. The first-order valence-corrected chi connectivity index (χ1v) is 6.77. The van der Waals surface area contributed by atoms with Gasteiger partial charge in [0.1, 0.15) is 5.75 Å². The number of rotatable bonds is 8. The summed E-state index contributed by atoms with van der Waals surface area (Å²) < 4.78 is 10.7. The topological polar surface area (TPSA) is 47.7 Å². The summed E-state index contributed by atoms with van der Waals surface area (Å²) in [5.41, 5.74) is 7.32. The molecule has 108 valence electrons. The van der Waals surface area contributed by atoms with Crippen LogP contribution in [0.1, 0.15) is 25.5 Å². The quantitative estimate of drug-likeness (QED) is 0.732. The molecule has 4 nitrogen and oxygen atoms in total. The van der Waals surface area contributed by atoms with Crippen molar-refractivity contribution in [3.05, 3.63) is 29.8 Å². The van der Waals surface area contributed by atoms with Gasteiger partial charge in [-0.05, 0) is 38.6 Å². The van der Waals surface area contributed by atoms with Crippen molar-refractivity contribution in [1.82, 2.24) is 4.90 Å². The van der Waals surface area contributed by atoms with E-state index in [1.165, 1.54) is 5.56 Å². The lowest BCUT2D eigenvalue weighted by atomic mass is 9.99. The van der Waals surface area contributed by atoms with E-state index in [9.17, 15) is 0 Å². The molecule has 0 aliphatic rings. The molecule has 0 amide bonds. The van der Waals surface area contributed by atoms with Gasteiger partial charge in [-0.2, -0.15) is 0 Å². The molecule has 2 atom stereocenters. The van der Waals surface area contributed by atoms with Gasteiger partial charge in [0.15, 0.2) is 0 Å². The third-order valence-corrected chi connectivity index (χ3v) is 3.20. The highest BCUT2D eigenvalue weighted by Gasteiger charge is 2.21. The maximum absolute atomic E-state index is 6.14. The average Bonchev–Trinajstić information content (AvgIpc) is 2.39. The Bertz CT molecular complexity index is 369. The maximum atomic E-state index is 6.14. The largest absolute Gasteiger partial charge is 0.497 e. The Balaban J connectivity index is 2.80. The number of hydrogen-bond donors (Lipinski definition) is 1. The van der Waals surface area contributed by atoms with Crippen molar-refractivity contribution in [3.8, 4) is 5.75 Å². The van der Waals surface area contributed by atoms with E-state index in [4.69, 9.17) is 15.2 Å². The van der Waals surface area contributed by atoms with Gasteiger partial charge >= 0.3 is 0 Å². The fourth-order valence-corrected chi connectivity index (χ4v) is 2.28. The van der Waals surface area contributed by atoms with Crippen LogP contribution in [0.4, 0.5) is 0 Å². The Morgan fingerprint density at radius 1 is 1.37 bits per heavy atom. The number of ether oxygens (including phenoxy) is 2. The van der Waals surface area contributed by atoms with Crippen LogP contribution in [0.25, 0.3) is 0 Å². The van der Waals surface area contributed by atoms with E-state index in [1.807, 2.05) is 32.0 Å². The van der Waals surface area contributed by atoms with Crippen molar-refractivity contribution in [2.75, 3.05) is 33.9 Å². The Morgan fingerprint density at radius 3 is 2.68 bits per heavy atom. The lowest BCUT2D eigenvalue weighted by Crippen LogP contribution is -2.38. The second kappa shape index (κ2) is 8.15. The van der Waals surface area contributed by atoms with E-state index in [1.54, 1.807) is 7.11 Å². The van der Waals surface area contributed by atoms with Gasteiger partial charge in [0.2, 0.25) is 0 Å². The summed E-state index contributed by atoms with van der Waals surface area (Å²) >= 11 is 0. The summed E-state index contributed by atoms with van der Waals surface area (Å²) in [5, 5.41) is 0. The van der Waals surface area contributed by atoms with Crippen molar-refractivity contribution < 1.29 is 9.47 Å². The molecule has 0 saturated heterocycles. The zero-order chi connectivity index (χ0) is 14.3. The van der Waals surface area contributed by atoms with Crippen molar-refractivity contribution in [2.24, 2.45) is 5.73 Å². The summed E-state index contributed by atoms with van der Waals surface area (Å²) in [6.07, 6.45) is 0. The first-order valence-electron chi connectivity index (χ1n) is 6.77. The second-order valence-corrected chi connectivity index (χ2v) is 4.76. The highest BCUT2D eigenvalue weighted by molar-refractivity contribution is 5.31. The van der Waals surface area contributed by atoms with E-state index in [0.29, 0.717) is 0 Å². The molecule has 0 fully saturated rings. The Labute approximate surface area is 116 Å². The molecule has 0 bridgehead atoms. The minimum absolute atomic E-state index is 0.0405. The molecule has 2 N–H and O–H groups in total. The van der Waals surface area contributed by atoms with Crippen LogP contribution in [0.2, 0.25) is 0 Å². The maximum Gasteiger partial charge on any atom is 0.119 e. The molecule has 19 heavy (non-hydrogen) atoms. The third kappa shape index (κ3) is 4.82. The lowest BCUT2D eigenvalue weighted by molar-refractivity contribution is 0.102. The molecule has 1 aromatic carbocycles. The molecule has 2 unspecified atom stereocenters. The molecule has 0 aliphatic carbocycles. The number of methoxy groups -OCH3 is 1. The van der Waals surface area contributed by atoms with Crippen LogP contribution in [0.3, 0.4) is 0 Å². The van der Waals surface area contributed by atoms with Crippen LogP contribution in [-0.4, -0.2) is 44.9 Å². The van der Waals surface area contributed by atoms with Gasteiger partial charge in [0.05, 0.1) is 13.7 Å². The van der Waals surface area contributed by atoms with Crippen molar-refractivity contribution in [3.63, 3.8) is 0 Å². The lowest BCUT2D eigenvalue weighted by Gasteiger charge is -2.31.